The van der Waals surface area contributed by atoms with Gasteiger partial charge in [-0.2, -0.15) is 4.31 Å². The van der Waals surface area contributed by atoms with E-state index in [9.17, 15) is 12.8 Å². The van der Waals surface area contributed by atoms with Gasteiger partial charge in [-0.05, 0) is 48.0 Å². The smallest absolute Gasteiger partial charge is 0.244 e. The first-order valence-electron chi connectivity index (χ1n) is 8.15. The zero-order chi connectivity index (χ0) is 18.3. The topological polar surface area (TPSA) is 42.3 Å². The van der Waals surface area contributed by atoms with Gasteiger partial charge in [0.1, 0.15) is 5.82 Å². The van der Waals surface area contributed by atoms with Crippen molar-refractivity contribution < 1.29 is 12.8 Å². The molecule has 1 unspecified atom stereocenters. The molecule has 0 fully saturated rings. The van der Waals surface area contributed by atoms with Crippen LogP contribution in [0.5, 0.6) is 0 Å². The van der Waals surface area contributed by atoms with Crippen molar-refractivity contribution >= 4 is 21.6 Å². The molecule has 0 N–H and O–H groups in total. The summed E-state index contributed by atoms with van der Waals surface area (Å²) in [5, 5.41) is 0.366. The summed E-state index contributed by atoms with van der Waals surface area (Å²) in [5.74, 6) is -0.357. The molecule has 0 spiro atoms. The fraction of sp³-hybridized carbons (Fsp3) is 0.158. The summed E-state index contributed by atoms with van der Waals surface area (Å²) in [7, 11) is -3.77. The lowest BCUT2D eigenvalue weighted by atomic mass is 10.0. The standard InChI is InChI=1S/C19H16ClFN2O2S/c20-15-3-1-4-17(13-15)26(24,25)23-12-11-22-10-2-5-18(22)19(23)14-6-8-16(21)9-7-14/h1-10,13,19H,11-12H2. The van der Waals surface area contributed by atoms with Crippen LogP contribution in [-0.2, 0) is 16.6 Å². The fourth-order valence-electron chi connectivity index (χ4n) is 3.37. The number of benzene rings is 2. The van der Waals surface area contributed by atoms with Crippen molar-refractivity contribution in [2.75, 3.05) is 6.54 Å². The Morgan fingerprint density at radius 1 is 1.00 bits per heavy atom. The Bertz CT molecular complexity index is 1050. The number of halogens is 2. The van der Waals surface area contributed by atoms with Crippen molar-refractivity contribution in [1.29, 1.82) is 0 Å². The summed E-state index contributed by atoms with van der Waals surface area (Å²) >= 11 is 6.00. The van der Waals surface area contributed by atoms with Gasteiger partial charge in [-0.15, -0.1) is 0 Å². The monoisotopic (exact) mass is 390 g/mol. The van der Waals surface area contributed by atoms with Crippen molar-refractivity contribution in [3.05, 3.63) is 89.0 Å². The predicted octanol–water partition coefficient (Wildman–Crippen LogP) is 4.07. The van der Waals surface area contributed by atoms with E-state index in [-0.39, 0.29) is 10.7 Å². The highest BCUT2D eigenvalue weighted by atomic mass is 35.5. The van der Waals surface area contributed by atoms with E-state index in [4.69, 9.17) is 11.6 Å². The highest BCUT2D eigenvalue weighted by molar-refractivity contribution is 7.89. The van der Waals surface area contributed by atoms with Gasteiger partial charge in [0.15, 0.2) is 0 Å². The minimum absolute atomic E-state index is 0.150. The molecule has 134 valence electrons. The molecule has 1 aliphatic heterocycles. The first-order chi connectivity index (χ1) is 12.5. The number of hydrogen-bond donors (Lipinski definition) is 0. The number of fused-ring (bicyclic) bond motifs is 1. The van der Waals surface area contributed by atoms with Crippen LogP contribution in [0, 0.1) is 5.82 Å². The largest absolute Gasteiger partial charge is 0.348 e. The molecule has 7 heteroatoms. The molecule has 0 aliphatic carbocycles. The number of hydrogen-bond acceptors (Lipinski definition) is 2. The lowest BCUT2D eigenvalue weighted by Crippen LogP contribution is -2.42. The zero-order valence-electron chi connectivity index (χ0n) is 13.7. The van der Waals surface area contributed by atoms with Gasteiger partial charge in [0.25, 0.3) is 0 Å². The van der Waals surface area contributed by atoms with Gasteiger partial charge < -0.3 is 4.57 Å². The molecule has 0 saturated carbocycles. The average Bonchev–Trinajstić information content (AvgIpc) is 3.10. The summed E-state index contributed by atoms with van der Waals surface area (Å²) in [4.78, 5) is 0.150. The Kier molecular flexibility index (Phi) is 4.34. The molecule has 0 radical (unpaired) electrons. The number of nitrogens with zero attached hydrogens (tertiary/aromatic N) is 2. The molecular weight excluding hydrogens is 375 g/mol. The van der Waals surface area contributed by atoms with E-state index in [2.05, 4.69) is 0 Å². The third-order valence-electron chi connectivity index (χ3n) is 4.58. The predicted molar refractivity (Wildman–Crippen MR) is 98.0 cm³/mol. The SMILES string of the molecule is O=S(=O)(c1cccc(Cl)c1)N1CCn2cccc2C1c1ccc(F)cc1. The van der Waals surface area contributed by atoms with Crippen LogP contribution in [0.2, 0.25) is 5.02 Å². The summed E-state index contributed by atoms with van der Waals surface area (Å²) in [5.41, 5.74) is 1.57. The molecule has 1 aliphatic rings. The van der Waals surface area contributed by atoms with E-state index in [1.807, 2.05) is 22.9 Å². The maximum absolute atomic E-state index is 13.4. The Morgan fingerprint density at radius 3 is 2.50 bits per heavy atom. The van der Waals surface area contributed by atoms with Crippen molar-refractivity contribution in [2.45, 2.75) is 17.5 Å². The Balaban J connectivity index is 1.85. The second-order valence-electron chi connectivity index (χ2n) is 6.15. The van der Waals surface area contributed by atoms with Gasteiger partial charge in [0, 0.05) is 30.0 Å². The molecule has 0 amide bonds. The highest BCUT2D eigenvalue weighted by Gasteiger charge is 2.37. The molecule has 4 rings (SSSR count). The van der Waals surface area contributed by atoms with Crippen molar-refractivity contribution in [1.82, 2.24) is 8.87 Å². The van der Waals surface area contributed by atoms with Gasteiger partial charge in [0.2, 0.25) is 10.0 Å². The van der Waals surface area contributed by atoms with Crippen LogP contribution < -0.4 is 0 Å². The van der Waals surface area contributed by atoms with Crippen LogP contribution in [0.1, 0.15) is 17.3 Å². The van der Waals surface area contributed by atoms with Gasteiger partial charge in [-0.3, -0.25) is 0 Å². The molecule has 26 heavy (non-hydrogen) atoms. The summed E-state index contributed by atoms with van der Waals surface area (Å²) in [6.45, 7) is 0.873. The third kappa shape index (κ3) is 2.94. The van der Waals surface area contributed by atoms with Crippen LogP contribution >= 0.6 is 11.6 Å². The minimum Gasteiger partial charge on any atom is -0.348 e. The molecule has 2 heterocycles. The van der Waals surface area contributed by atoms with Crippen molar-refractivity contribution in [3.63, 3.8) is 0 Å². The van der Waals surface area contributed by atoms with Gasteiger partial charge >= 0.3 is 0 Å². The molecule has 4 nitrogen and oxygen atoms in total. The first-order valence-corrected chi connectivity index (χ1v) is 9.96. The van der Waals surface area contributed by atoms with E-state index >= 15 is 0 Å². The Labute approximate surface area is 156 Å². The van der Waals surface area contributed by atoms with E-state index in [1.54, 1.807) is 24.3 Å². The Hall–Kier alpha value is -2.15. The highest BCUT2D eigenvalue weighted by Crippen LogP contribution is 2.36. The average molecular weight is 391 g/mol. The molecule has 1 aromatic heterocycles. The van der Waals surface area contributed by atoms with Gasteiger partial charge in [-0.25, -0.2) is 12.8 Å². The lowest BCUT2D eigenvalue weighted by Gasteiger charge is -2.36. The quantitative estimate of drug-likeness (QED) is 0.676. The zero-order valence-corrected chi connectivity index (χ0v) is 15.3. The van der Waals surface area contributed by atoms with E-state index in [0.717, 1.165) is 11.3 Å². The first kappa shape index (κ1) is 17.3. The summed E-state index contributed by atoms with van der Waals surface area (Å²) < 4.78 is 43.5. The molecule has 0 saturated heterocycles. The minimum atomic E-state index is -3.77. The van der Waals surface area contributed by atoms with E-state index in [0.29, 0.717) is 18.1 Å². The number of sulfonamides is 1. The molecular formula is C19H16ClFN2O2S. The van der Waals surface area contributed by atoms with Crippen molar-refractivity contribution in [2.24, 2.45) is 0 Å². The fourth-order valence-corrected chi connectivity index (χ4v) is 5.25. The van der Waals surface area contributed by atoms with Crippen LogP contribution in [0.3, 0.4) is 0 Å². The van der Waals surface area contributed by atoms with E-state index in [1.165, 1.54) is 28.6 Å². The molecule has 0 bridgehead atoms. The second kappa shape index (κ2) is 6.54. The molecule has 3 aromatic rings. The summed E-state index contributed by atoms with van der Waals surface area (Å²) in [6, 6.07) is 15.5. The van der Waals surface area contributed by atoms with Crippen LogP contribution in [0.25, 0.3) is 0 Å². The van der Waals surface area contributed by atoms with Crippen LogP contribution in [0.15, 0.2) is 71.8 Å². The number of rotatable bonds is 3. The summed E-state index contributed by atoms with van der Waals surface area (Å²) in [6.07, 6.45) is 1.93. The molecule has 2 aromatic carbocycles. The van der Waals surface area contributed by atoms with Crippen molar-refractivity contribution in [3.8, 4) is 0 Å². The normalized spacial score (nSPS) is 17.8. The van der Waals surface area contributed by atoms with Gasteiger partial charge in [-0.1, -0.05) is 29.8 Å². The van der Waals surface area contributed by atoms with E-state index < -0.39 is 16.1 Å². The Morgan fingerprint density at radius 2 is 1.77 bits per heavy atom. The maximum Gasteiger partial charge on any atom is 0.244 e. The van der Waals surface area contributed by atoms with Crippen LogP contribution in [0.4, 0.5) is 4.39 Å². The molecule has 1 atom stereocenters. The third-order valence-corrected chi connectivity index (χ3v) is 6.68. The van der Waals surface area contributed by atoms with Crippen LogP contribution in [-0.4, -0.2) is 23.8 Å². The maximum atomic E-state index is 13.4. The number of aromatic nitrogens is 1. The second-order valence-corrected chi connectivity index (χ2v) is 8.48. The lowest BCUT2D eigenvalue weighted by molar-refractivity contribution is 0.298. The van der Waals surface area contributed by atoms with Gasteiger partial charge in [0.05, 0.1) is 10.9 Å².